The predicted octanol–water partition coefficient (Wildman–Crippen LogP) is 6.15. The molecule has 0 aliphatic carbocycles. The maximum absolute atomic E-state index is 6.27. The van der Waals surface area contributed by atoms with E-state index in [4.69, 9.17) is 13.4 Å². The lowest BCUT2D eigenvalue weighted by Crippen LogP contribution is -2.52. The Balaban J connectivity index is 2.28. The van der Waals surface area contributed by atoms with Gasteiger partial charge in [-0.1, -0.05) is 71.6 Å². The smallest absolute Gasteiger partial charge is 0.373 e. The van der Waals surface area contributed by atoms with Crippen LogP contribution in [-0.2, 0) is 13.4 Å². The molecule has 27 heavy (non-hydrogen) atoms. The molecule has 4 nitrogen and oxygen atoms in total. The largest absolute Gasteiger partial charge is 0.517 e. The SMILES string of the molecule is CCCCCCCCCCO[Si]1(CCCS)OCCC(CCCC)CNO1. The summed E-state index contributed by atoms with van der Waals surface area (Å²) in [5.74, 6) is 1.50. The Hall–Kier alpha value is 0.407. The van der Waals surface area contributed by atoms with Gasteiger partial charge in [0, 0.05) is 25.8 Å². The Morgan fingerprint density at radius 1 is 0.963 bits per heavy atom. The van der Waals surface area contributed by atoms with Crippen molar-refractivity contribution < 1.29 is 13.4 Å². The first-order valence-corrected chi connectivity index (χ1v) is 14.1. The Labute approximate surface area is 175 Å². The van der Waals surface area contributed by atoms with Crippen LogP contribution in [-0.4, -0.2) is 34.3 Å². The number of hydrogen-bond donors (Lipinski definition) is 2. The molecule has 0 bridgehead atoms. The van der Waals surface area contributed by atoms with Gasteiger partial charge < -0.3 is 8.85 Å². The van der Waals surface area contributed by atoms with E-state index in [1.165, 1.54) is 64.2 Å². The molecule has 2 atom stereocenters. The first kappa shape index (κ1) is 25.4. The van der Waals surface area contributed by atoms with Gasteiger partial charge in [0.15, 0.2) is 0 Å². The number of hydroxylamine groups is 1. The Kier molecular flexibility index (Phi) is 16.3. The molecule has 0 spiro atoms. The molecule has 0 saturated carbocycles. The van der Waals surface area contributed by atoms with Crippen molar-refractivity contribution >= 4 is 21.4 Å². The zero-order chi connectivity index (χ0) is 19.6. The summed E-state index contributed by atoms with van der Waals surface area (Å²) in [4.78, 5) is 0. The highest BCUT2D eigenvalue weighted by atomic mass is 32.1. The van der Waals surface area contributed by atoms with Crippen molar-refractivity contribution in [2.24, 2.45) is 5.92 Å². The van der Waals surface area contributed by atoms with Crippen LogP contribution in [0.1, 0.15) is 97.3 Å². The van der Waals surface area contributed by atoms with Crippen molar-refractivity contribution in [3.8, 4) is 0 Å². The summed E-state index contributed by atoms with van der Waals surface area (Å²) in [5.41, 5.74) is 3.21. The molecule has 0 aromatic rings. The molecule has 1 heterocycles. The molecule has 0 amide bonds. The molecule has 1 rings (SSSR count). The fourth-order valence-corrected chi connectivity index (χ4v) is 6.39. The normalized spacial score (nSPS) is 23.9. The highest BCUT2D eigenvalue weighted by Gasteiger charge is 2.42. The number of thiol groups is 1. The third-order valence-corrected chi connectivity index (χ3v) is 8.40. The van der Waals surface area contributed by atoms with Gasteiger partial charge in [-0.05, 0) is 37.4 Å². The number of nitrogens with one attached hydrogen (secondary N) is 1. The summed E-state index contributed by atoms with van der Waals surface area (Å²) in [6, 6.07) is 0.861. The second-order valence-corrected chi connectivity index (χ2v) is 11.0. The Morgan fingerprint density at radius 2 is 1.67 bits per heavy atom. The number of rotatable bonds is 16. The number of hydrogen-bond acceptors (Lipinski definition) is 5. The highest BCUT2D eigenvalue weighted by Crippen LogP contribution is 2.23. The first-order chi connectivity index (χ1) is 13.3. The predicted molar refractivity (Wildman–Crippen MR) is 120 cm³/mol. The van der Waals surface area contributed by atoms with Crippen LogP contribution in [0.2, 0.25) is 6.04 Å². The molecular weight excluding hydrogens is 374 g/mol. The van der Waals surface area contributed by atoms with Gasteiger partial charge >= 0.3 is 8.80 Å². The van der Waals surface area contributed by atoms with E-state index in [9.17, 15) is 0 Å². The second kappa shape index (κ2) is 17.3. The Bertz CT molecular complexity index is 327. The summed E-state index contributed by atoms with van der Waals surface area (Å²) < 4.78 is 18.6. The van der Waals surface area contributed by atoms with Gasteiger partial charge in [-0.25, -0.2) is 5.48 Å². The van der Waals surface area contributed by atoms with Crippen molar-refractivity contribution in [1.82, 2.24) is 5.48 Å². The van der Waals surface area contributed by atoms with Gasteiger partial charge in [-0.2, -0.15) is 12.6 Å². The highest BCUT2D eigenvalue weighted by molar-refractivity contribution is 7.80. The van der Waals surface area contributed by atoms with Crippen LogP contribution in [0.15, 0.2) is 0 Å². The van der Waals surface area contributed by atoms with E-state index < -0.39 is 8.80 Å². The fraction of sp³-hybridized carbons (Fsp3) is 1.00. The molecule has 1 aliphatic rings. The molecule has 1 fully saturated rings. The van der Waals surface area contributed by atoms with Crippen LogP contribution in [0.4, 0.5) is 0 Å². The summed E-state index contributed by atoms with van der Waals surface area (Å²) in [6.07, 6.45) is 16.4. The standard InChI is InChI=1S/C21H45NO3SSi/c1-3-5-7-8-9-10-11-12-16-23-27(19-13-18-26)24-17-15-21(14-6-4-2)20-22-25-27/h21-22,26H,3-20H2,1-2H3. The molecule has 1 saturated heterocycles. The van der Waals surface area contributed by atoms with Gasteiger partial charge in [0.05, 0.1) is 0 Å². The van der Waals surface area contributed by atoms with Gasteiger partial charge in [-0.15, -0.1) is 0 Å². The van der Waals surface area contributed by atoms with Crippen LogP contribution in [0.5, 0.6) is 0 Å². The molecule has 1 N–H and O–H groups in total. The second-order valence-electron chi connectivity index (χ2n) is 7.93. The van der Waals surface area contributed by atoms with Gasteiger partial charge in [0.2, 0.25) is 0 Å². The molecular formula is C21H45NO3SSi. The first-order valence-electron chi connectivity index (χ1n) is 11.6. The third-order valence-electron chi connectivity index (χ3n) is 5.37. The van der Waals surface area contributed by atoms with E-state index >= 15 is 0 Å². The fourth-order valence-electron chi connectivity index (χ4n) is 3.55. The summed E-state index contributed by atoms with van der Waals surface area (Å²) >= 11 is 4.37. The molecule has 0 aromatic heterocycles. The van der Waals surface area contributed by atoms with Crippen LogP contribution < -0.4 is 5.48 Å². The monoisotopic (exact) mass is 419 g/mol. The van der Waals surface area contributed by atoms with Crippen molar-refractivity contribution in [1.29, 1.82) is 0 Å². The zero-order valence-electron chi connectivity index (χ0n) is 18.0. The minimum atomic E-state index is -2.59. The maximum Gasteiger partial charge on any atom is 0.517 e. The van der Waals surface area contributed by atoms with Crippen molar-refractivity contribution in [2.75, 3.05) is 25.5 Å². The topological polar surface area (TPSA) is 39.7 Å². The van der Waals surface area contributed by atoms with E-state index in [1.54, 1.807) is 0 Å². The van der Waals surface area contributed by atoms with Gasteiger partial charge in [0.25, 0.3) is 0 Å². The quantitative estimate of drug-likeness (QED) is 0.179. The Morgan fingerprint density at radius 3 is 2.37 bits per heavy atom. The molecule has 2 unspecified atom stereocenters. The summed E-state index contributed by atoms with van der Waals surface area (Å²) in [5, 5.41) is 0. The molecule has 0 radical (unpaired) electrons. The van der Waals surface area contributed by atoms with E-state index in [0.29, 0.717) is 5.92 Å². The van der Waals surface area contributed by atoms with Crippen LogP contribution in [0, 0.1) is 5.92 Å². The van der Waals surface area contributed by atoms with Crippen LogP contribution >= 0.6 is 12.6 Å². The summed E-state index contributed by atoms with van der Waals surface area (Å²) in [6.45, 7) is 6.96. The van der Waals surface area contributed by atoms with E-state index in [-0.39, 0.29) is 0 Å². The van der Waals surface area contributed by atoms with E-state index in [1.807, 2.05) is 0 Å². The average molecular weight is 420 g/mol. The zero-order valence-corrected chi connectivity index (χ0v) is 19.9. The third kappa shape index (κ3) is 12.5. The lowest BCUT2D eigenvalue weighted by molar-refractivity contribution is -0.00437. The lowest BCUT2D eigenvalue weighted by Gasteiger charge is -2.33. The van der Waals surface area contributed by atoms with Gasteiger partial charge in [0.1, 0.15) is 0 Å². The van der Waals surface area contributed by atoms with Gasteiger partial charge in [-0.3, -0.25) is 4.53 Å². The van der Waals surface area contributed by atoms with Crippen LogP contribution in [0.3, 0.4) is 0 Å². The molecule has 1 aliphatic heterocycles. The lowest BCUT2D eigenvalue weighted by atomic mass is 9.99. The van der Waals surface area contributed by atoms with E-state index in [0.717, 1.165) is 50.8 Å². The minimum Gasteiger partial charge on any atom is -0.373 e. The van der Waals surface area contributed by atoms with Crippen molar-refractivity contribution in [3.63, 3.8) is 0 Å². The van der Waals surface area contributed by atoms with Crippen molar-refractivity contribution in [2.45, 2.75) is 103 Å². The summed E-state index contributed by atoms with van der Waals surface area (Å²) in [7, 11) is -2.59. The minimum absolute atomic E-state index is 0.648. The van der Waals surface area contributed by atoms with Crippen LogP contribution in [0.25, 0.3) is 0 Å². The van der Waals surface area contributed by atoms with Crippen molar-refractivity contribution in [3.05, 3.63) is 0 Å². The number of unbranched alkanes of at least 4 members (excludes halogenated alkanes) is 8. The average Bonchev–Trinajstić information content (AvgIpc) is 2.66. The van der Waals surface area contributed by atoms with E-state index in [2.05, 4.69) is 32.0 Å². The maximum atomic E-state index is 6.27. The molecule has 162 valence electrons. The molecule has 0 aromatic carbocycles. The molecule has 6 heteroatoms.